The number of aromatic amines is 1. The largest absolute Gasteiger partial charge is 0.457 e. The molecule has 2 aromatic heterocycles. The molecule has 0 spiro atoms. The zero-order chi connectivity index (χ0) is 22.4. The second-order valence-corrected chi connectivity index (χ2v) is 8.56. The number of rotatable bonds is 4. The third-order valence-electron chi connectivity index (χ3n) is 6.02. The molecule has 2 atom stereocenters. The van der Waals surface area contributed by atoms with E-state index in [2.05, 4.69) is 15.0 Å². The number of halogens is 1. The van der Waals surface area contributed by atoms with Crippen molar-refractivity contribution < 1.29 is 9.53 Å². The molecule has 160 valence electrons. The van der Waals surface area contributed by atoms with E-state index >= 15 is 0 Å². The molecule has 2 heterocycles. The van der Waals surface area contributed by atoms with Gasteiger partial charge in [-0.25, -0.2) is 0 Å². The van der Waals surface area contributed by atoms with Gasteiger partial charge in [-0.15, -0.1) is 0 Å². The first-order valence-corrected chi connectivity index (χ1v) is 10.9. The molecule has 4 aromatic rings. The molecule has 2 aromatic carbocycles. The summed E-state index contributed by atoms with van der Waals surface area (Å²) < 4.78 is 6.14. The van der Waals surface area contributed by atoms with Gasteiger partial charge in [-0.1, -0.05) is 42.8 Å². The predicted molar refractivity (Wildman–Crippen MR) is 128 cm³/mol. The van der Waals surface area contributed by atoms with E-state index in [9.17, 15) is 4.79 Å². The smallest absolute Gasteiger partial charge is 0.295 e. The Morgan fingerprint density at radius 3 is 2.78 bits per heavy atom. The van der Waals surface area contributed by atoms with Gasteiger partial charge in [-0.3, -0.25) is 9.78 Å². The number of nitrogens with one attached hydrogen (secondary N) is 1. The standard InChI is InChI=1S/C26H22ClN3O2/c1-14-9-10-24(15(2)25(14)16(3)31)32-26-29-22-12-19(20(27)13-23(22)30-26)17-6-4-8-21-18(17)7-5-11-28-21/h4-13,15,24H,1-3H3,(H,29,30). The molecular weight excluding hydrogens is 422 g/mol. The molecule has 1 aliphatic carbocycles. The van der Waals surface area contributed by atoms with Gasteiger partial charge < -0.3 is 9.72 Å². The number of hydrogen-bond donors (Lipinski definition) is 1. The normalized spacial score (nSPS) is 18.5. The Balaban J connectivity index is 1.51. The van der Waals surface area contributed by atoms with E-state index in [0.29, 0.717) is 11.0 Å². The Labute approximate surface area is 190 Å². The van der Waals surface area contributed by atoms with Gasteiger partial charge in [-0.2, -0.15) is 4.98 Å². The lowest BCUT2D eigenvalue weighted by Gasteiger charge is -2.26. The fourth-order valence-corrected chi connectivity index (χ4v) is 4.76. The monoisotopic (exact) mass is 443 g/mol. The summed E-state index contributed by atoms with van der Waals surface area (Å²) in [6.45, 7) is 5.55. The highest BCUT2D eigenvalue weighted by molar-refractivity contribution is 6.34. The van der Waals surface area contributed by atoms with Crippen molar-refractivity contribution in [1.29, 1.82) is 0 Å². The highest BCUT2D eigenvalue weighted by Crippen LogP contribution is 2.36. The number of aromatic nitrogens is 3. The summed E-state index contributed by atoms with van der Waals surface area (Å²) >= 11 is 6.67. The average Bonchev–Trinajstić information content (AvgIpc) is 3.15. The zero-order valence-electron chi connectivity index (χ0n) is 18.0. The third kappa shape index (κ3) is 3.49. The first-order valence-electron chi connectivity index (χ1n) is 10.5. The summed E-state index contributed by atoms with van der Waals surface area (Å²) in [6, 6.07) is 14.2. The fourth-order valence-electron chi connectivity index (χ4n) is 4.49. The Hall–Kier alpha value is -3.44. The van der Waals surface area contributed by atoms with Gasteiger partial charge in [0.1, 0.15) is 6.10 Å². The molecule has 32 heavy (non-hydrogen) atoms. The van der Waals surface area contributed by atoms with Crippen LogP contribution in [0.1, 0.15) is 20.8 Å². The van der Waals surface area contributed by atoms with Crippen molar-refractivity contribution >= 4 is 39.3 Å². The van der Waals surface area contributed by atoms with E-state index < -0.39 is 0 Å². The lowest BCUT2D eigenvalue weighted by atomic mass is 9.84. The van der Waals surface area contributed by atoms with Crippen molar-refractivity contribution in [3.63, 3.8) is 0 Å². The van der Waals surface area contributed by atoms with E-state index in [1.165, 1.54) is 0 Å². The quantitative estimate of drug-likeness (QED) is 0.402. The lowest BCUT2D eigenvalue weighted by molar-refractivity contribution is -0.114. The van der Waals surface area contributed by atoms with Gasteiger partial charge in [0.15, 0.2) is 5.78 Å². The van der Waals surface area contributed by atoms with Gasteiger partial charge in [0, 0.05) is 28.6 Å². The van der Waals surface area contributed by atoms with E-state index in [-0.39, 0.29) is 17.8 Å². The van der Waals surface area contributed by atoms with Crippen molar-refractivity contribution in [3.05, 3.63) is 77.0 Å². The number of carbonyl (C=O) groups excluding carboxylic acids is 1. The molecule has 1 aliphatic rings. The van der Waals surface area contributed by atoms with Gasteiger partial charge in [0.25, 0.3) is 6.01 Å². The Morgan fingerprint density at radius 2 is 1.97 bits per heavy atom. The predicted octanol–water partition coefficient (Wildman–Crippen LogP) is 6.29. The number of pyridine rings is 1. The van der Waals surface area contributed by atoms with Gasteiger partial charge >= 0.3 is 0 Å². The van der Waals surface area contributed by atoms with E-state index in [1.807, 2.05) is 68.5 Å². The van der Waals surface area contributed by atoms with Crippen molar-refractivity contribution in [1.82, 2.24) is 15.0 Å². The molecule has 0 fully saturated rings. The summed E-state index contributed by atoms with van der Waals surface area (Å²) in [5.41, 5.74) is 6.13. The Morgan fingerprint density at radius 1 is 1.12 bits per heavy atom. The lowest BCUT2D eigenvalue weighted by Crippen LogP contribution is -2.30. The highest BCUT2D eigenvalue weighted by Gasteiger charge is 2.28. The van der Waals surface area contributed by atoms with Crippen LogP contribution >= 0.6 is 11.6 Å². The maximum atomic E-state index is 12.1. The summed E-state index contributed by atoms with van der Waals surface area (Å²) in [5, 5.41) is 1.65. The van der Waals surface area contributed by atoms with Gasteiger partial charge in [0.05, 0.1) is 21.6 Å². The summed E-state index contributed by atoms with van der Waals surface area (Å²) in [5.74, 6) is 0.00611. The molecular formula is C26H22ClN3O2. The van der Waals surface area contributed by atoms with Crippen LogP contribution in [0.4, 0.5) is 0 Å². The summed E-state index contributed by atoms with van der Waals surface area (Å²) in [7, 11) is 0. The number of hydrogen-bond acceptors (Lipinski definition) is 4. The van der Waals surface area contributed by atoms with Crippen LogP contribution < -0.4 is 4.74 Å². The highest BCUT2D eigenvalue weighted by atomic mass is 35.5. The van der Waals surface area contributed by atoms with E-state index in [4.69, 9.17) is 16.3 Å². The number of imidazole rings is 1. The number of fused-ring (bicyclic) bond motifs is 2. The first-order chi connectivity index (χ1) is 15.4. The van der Waals surface area contributed by atoms with E-state index in [1.54, 1.807) is 13.1 Å². The van der Waals surface area contributed by atoms with Crippen LogP contribution in [0, 0.1) is 5.92 Å². The van der Waals surface area contributed by atoms with Crippen LogP contribution in [0.2, 0.25) is 5.02 Å². The molecule has 0 amide bonds. The van der Waals surface area contributed by atoms with E-state index in [0.717, 1.165) is 44.2 Å². The summed E-state index contributed by atoms with van der Waals surface area (Å²) in [6.07, 6.45) is 5.41. The van der Waals surface area contributed by atoms with Crippen LogP contribution in [0.15, 0.2) is 72.0 Å². The molecule has 0 saturated heterocycles. The molecule has 6 heteroatoms. The van der Waals surface area contributed by atoms with Gasteiger partial charge in [0.2, 0.25) is 0 Å². The molecule has 0 radical (unpaired) electrons. The van der Waals surface area contributed by atoms with Crippen LogP contribution in [0.3, 0.4) is 0 Å². The topological polar surface area (TPSA) is 67.9 Å². The second kappa shape index (κ2) is 7.92. The summed E-state index contributed by atoms with van der Waals surface area (Å²) in [4.78, 5) is 24.4. The SMILES string of the molecule is CC(=O)C1=C(C)C=CC(Oc2nc3cc(-c4cccc5ncccc45)c(Cl)cc3[nH]2)C1C. The minimum absolute atomic E-state index is 0.0620. The number of nitrogens with zero attached hydrogens (tertiary/aromatic N) is 2. The molecule has 5 nitrogen and oxygen atoms in total. The average molecular weight is 444 g/mol. The number of Topliss-reactive ketones (excluding diaryl/α,β-unsaturated/α-hetero) is 1. The maximum Gasteiger partial charge on any atom is 0.295 e. The third-order valence-corrected chi connectivity index (χ3v) is 6.33. The molecule has 0 aliphatic heterocycles. The van der Waals surface area contributed by atoms with Crippen LogP contribution in [-0.2, 0) is 4.79 Å². The minimum Gasteiger partial charge on any atom is -0.457 e. The van der Waals surface area contributed by atoms with Gasteiger partial charge in [-0.05, 0) is 55.3 Å². The number of ether oxygens (including phenoxy) is 1. The zero-order valence-corrected chi connectivity index (χ0v) is 18.8. The number of benzene rings is 2. The molecule has 5 rings (SSSR count). The fraction of sp³-hybridized carbons (Fsp3) is 0.192. The number of allylic oxidation sites excluding steroid dienone is 2. The molecule has 0 saturated carbocycles. The number of ketones is 1. The Bertz CT molecular complexity index is 1430. The second-order valence-electron chi connectivity index (χ2n) is 8.15. The number of carbonyl (C=O) groups is 1. The van der Waals surface area contributed by atoms with Crippen molar-refractivity contribution in [2.45, 2.75) is 26.9 Å². The maximum absolute atomic E-state index is 12.1. The molecule has 2 unspecified atom stereocenters. The van der Waals surface area contributed by atoms with Crippen molar-refractivity contribution in [2.75, 3.05) is 0 Å². The van der Waals surface area contributed by atoms with Crippen LogP contribution in [-0.4, -0.2) is 26.8 Å². The molecule has 1 N–H and O–H groups in total. The Kier molecular flexibility index (Phi) is 5.06. The van der Waals surface area contributed by atoms with Crippen molar-refractivity contribution in [3.8, 4) is 17.1 Å². The first kappa shape index (κ1) is 20.5. The minimum atomic E-state index is -0.280. The molecule has 0 bridgehead atoms. The van der Waals surface area contributed by atoms with Crippen LogP contribution in [0.25, 0.3) is 33.1 Å². The van der Waals surface area contributed by atoms with Crippen molar-refractivity contribution in [2.24, 2.45) is 5.92 Å². The van der Waals surface area contributed by atoms with Crippen LogP contribution in [0.5, 0.6) is 6.01 Å². The number of H-pyrrole nitrogens is 1.